The largest absolute Gasteiger partial charge is 0.444 e. The Kier molecular flexibility index (Phi) is 8.45. The maximum Gasteiger partial charge on any atom is 0.408 e. The first-order chi connectivity index (χ1) is 12.4. The van der Waals surface area contributed by atoms with Crippen LogP contribution in [0.4, 0.5) is 22.4 Å². The van der Waals surface area contributed by atoms with Crippen LogP contribution in [0, 0.1) is 5.92 Å². The highest BCUT2D eigenvalue weighted by atomic mass is 19.3. The number of hydrogen-bond acceptors (Lipinski definition) is 5. The molecule has 1 aliphatic heterocycles. The van der Waals surface area contributed by atoms with E-state index in [2.05, 4.69) is 15.4 Å². The standard InChI is InChI=1S/C16H24F4N2O5/c1-16(2,3)27-15(25)22-9(6-8-4-5-21-14(8)24)10(23)7-26-11(12(17)18)13(19)20/h8-9,11-13H,4-7H2,1-3H3,(H,21,24)(H,22,25)/t8-,9-/m0/s1. The summed E-state index contributed by atoms with van der Waals surface area (Å²) in [4.78, 5) is 35.9. The van der Waals surface area contributed by atoms with Crippen LogP contribution in [-0.2, 0) is 19.1 Å². The van der Waals surface area contributed by atoms with E-state index >= 15 is 0 Å². The zero-order valence-corrected chi connectivity index (χ0v) is 15.3. The fraction of sp³-hybridized carbons (Fsp3) is 0.812. The first-order valence-electron chi connectivity index (χ1n) is 8.38. The van der Waals surface area contributed by atoms with Gasteiger partial charge in [0.25, 0.3) is 12.9 Å². The number of ketones is 1. The van der Waals surface area contributed by atoms with Crippen LogP contribution in [0.2, 0.25) is 0 Å². The molecule has 156 valence electrons. The van der Waals surface area contributed by atoms with Crippen LogP contribution in [0.5, 0.6) is 0 Å². The van der Waals surface area contributed by atoms with Crippen LogP contribution in [0.25, 0.3) is 0 Å². The lowest BCUT2D eigenvalue weighted by Crippen LogP contribution is -2.47. The van der Waals surface area contributed by atoms with E-state index in [0.29, 0.717) is 13.0 Å². The topological polar surface area (TPSA) is 93.7 Å². The molecule has 1 heterocycles. The molecule has 0 radical (unpaired) electrons. The highest BCUT2D eigenvalue weighted by Gasteiger charge is 2.35. The van der Waals surface area contributed by atoms with Crippen molar-refractivity contribution < 1.29 is 41.4 Å². The average Bonchev–Trinajstić information content (AvgIpc) is 2.89. The van der Waals surface area contributed by atoms with Crippen molar-refractivity contribution in [2.75, 3.05) is 13.2 Å². The third kappa shape index (κ3) is 8.10. The van der Waals surface area contributed by atoms with Gasteiger partial charge in [0.05, 0.1) is 6.04 Å². The van der Waals surface area contributed by atoms with Crippen LogP contribution >= 0.6 is 0 Å². The highest BCUT2D eigenvalue weighted by Crippen LogP contribution is 2.19. The van der Waals surface area contributed by atoms with Gasteiger partial charge in [0.2, 0.25) is 5.91 Å². The first-order valence-corrected chi connectivity index (χ1v) is 8.38. The maximum atomic E-state index is 12.5. The number of ether oxygens (including phenoxy) is 2. The van der Waals surface area contributed by atoms with E-state index in [1.807, 2.05) is 0 Å². The monoisotopic (exact) mass is 400 g/mol. The molecule has 0 bridgehead atoms. The normalized spacial score (nSPS) is 18.7. The minimum atomic E-state index is -3.48. The number of hydrogen-bond donors (Lipinski definition) is 2. The van der Waals surface area contributed by atoms with Gasteiger partial charge in [0, 0.05) is 12.5 Å². The third-order valence-corrected chi connectivity index (χ3v) is 3.68. The molecule has 1 saturated heterocycles. The Labute approximate surface area is 154 Å². The summed E-state index contributed by atoms with van der Waals surface area (Å²) >= 11 is 0. The van der Waals surface area contributed by atoms with Crippen LogP contribution in [0.15, 0.2) is 0 Å². The van der Waals surface area contributed by atoms with Crippen LogP contribution < -0.4 is 10.6 Å². The molecule has 1 fully saturated rings. The van der Waals surface area contributed by atoms with Crippen molar-refractivity contribution >= 4 is 17.8 Å². The number of Topliss-reactive ketones (excluding diaryl/α,β-unsaturated/α-hetero) is 1. The minimum absolute atomic E-state index is 0.124. The van der Waals surface area contributed by atoms with E-state index < -0.39 is 55.0 Å². The fourth-order valence-electron chi connectivity index (χ4n) is 2.41. The molecule has 11 heteroatoms. The number of nitrogens with one attached hydrogen (secondary N) is 2. The molecule has 0 aromatic carbocycles. The Hall–Kier alpha value is -1.91. The van der Waals surface area contributed by atoms with Crippen molar-refractivity contribution in [2.45, 2.75) is 64.2 Å². The molecule has 1 aliphatic rings. The van der Waals surface area contributed by atoms with Crippen molar-refractivity contribution in [2.24, 2.45) is 5.92 Å². The Morgan fingerprint density at radius 3 is 2.26 bits per heavy atom. The van der Waals surface area contributed by atoms with E-state index in [9.17, 15) is 31.9 Å². The highest BCUT2D eigenvalue weighted by molar-refractivity contribution is 5.89. The summed E-state index contributed by atoms with van der Waals surface area (Å²) in [5.74, 6) is -1.82. The number of halogens is 4. The first kappa shape index (κ1) is 23.1. The summed E-state index contributed by atoms with van der Waals surface area (Å²) in [6.07, 6.45) is -10.3. The van der Waals surface area contributed by atoms with Gasteiger partial charge in [-0.15, -0.1) is 0 Å². The van der Waals surface area contributed by atoms with E-state index in [1.54, 1.807) is 20.8 Å². The van der Waals surface area contributed by atoms with Crippen molar-refractivity contribution in [3.05, 3.63) is 0 Å². The van der Waals surface area contributed by atoms with Crippen molar-refractivity contribution in [1.82, 2.24) is 10.6 Å². The Morgan fingerprint density at radius 2 is 1.81 bits per heavy atom. The van der Waals surface area contributed by atoms with Crippen molar-refractivity contribution in [3.63, 3.8) is 0 Å². The van der Waals surface area contributed by atoms with Gasteiger partial charge >= 0.3 is 6.09 Å². The van der Waals surface area contributed by atoms with Crippen LogP contribution in [0.3, 0.4) is 0 Å². The van der Waals surface area contributed by atoms with Crippen LogP contribution in [0.1, 0.15) is 33.6 Å². The predicted octanol–water partition coefficient (Wildman–Crippen LogP) is 1.89. The Morgan fingerprint density at radius 1 is 1.22 bits per heavy atom. The van der Waals surface area contributed by atoms with Gasteiger partial charge in [-0.2, -0.15) is 0 Å². The molecule has 0 saturated carbocycles. The second kappa shape index (κ2) is 9.86. The number of rotatable bonds is 9. The zero-order valence-electron chi connectivity index (χ0n) is 15.3. The number of amides is 2. The maximum absolute atomic E-state index is 12.5. The lowest BCUT2D eigenvalue weighted by Gasteiger charge is -2.24. The quantitative estimate of drug-likeness (QED) is 0.577. The summed E-state index contributed by atoms with van der Waals surface area (Å²) in [6, 6.07) is -1.30. The molecule has 1 rings (SSSR count). The number of alkyl halides is 4. The van der Waals surface area contributed by atoms with Gasteiger partial charge in [-0.25, -0.2) is 22.4 Å². The summed E-state index contributed by atoms with van der Waals surface area (Å²) in [7, 11) is 0. The summed E-state index contributed by atoms with van der Waals surface area (Å²) < 4.78 is 59.4. The van der Waals surface area contributed by atoms with Gasteiger partial charge in [-0.1, -0.05) is 0 Å². The molecule has 0 unspecified atom stereocenters. The second-order valence-electron chi connectivity index (χ2n) is 7.12. The lowest BCUT2D eigenvalue weighted by atomic mass is 9.96. The van der Waals surface area contributed by atoms with E-state index in [0.717, 1.165) is 0 Å². The number of carbonyl (C=O) groups excluding carboxylic acids is 3. The van der Waals surface area contributed by atoms with Gasteiger partial charge in [-0.05, 0) is 33.6 Å². The molecule has 2 amide bonds. The molecule has 0 aromatic rings. The molecular formula is C16H24F4N2O5. The smallest absolute Gasteiger partial charge is 0.408 e. The SMILES string of the molecule is CC(C)(C)OC(=O)N[C@@H](C[C@@H]1CCNC1=O)C(=O)COC(C(F)F)C(F)F. The van der Waals surface area contributed by atoms with E-state index in [-0.39, 0.29) is 12.3 Å². The summed E-state index contributed by atoms with van der Waals surface area (Å²) in [5.41, 5.74) is -0.866. The molecule has 0 aromatic heterocycles. The van der Waals surface area contributed by atoms with Gasteiger partial charge in [0.1, 0.15) is 12.2 Å². The van der Waals surface area contributed by atoms with Crippen LogP contribution in [-0.4, -0.2) is 61.5 Å². The van der Waals surface area contributed by atoms with Gasteiger partial charge in [0.15, 0.2) is 11.9 Å². The number of alkyl carbamates (subject to hydrolysis) is 1. The van der Waals surface area contributed by atoms with E-state index in [4.69, 9.17) is 4.74 Å². The Balaban J connectivity index is 2.77. The Bertz CT molecular complexity index is 531. The fourth-order valence-corrected chi connectivity index (χ4v) is 2.41. The lowest BCUT2D eigenvalue weighted by molar-refractivity contribution is -0.147. The molecule has 0 spiro atoms. The minimum Gasteiger partial charge on any atom is -0.444 e. The zero-order chi connectivity index (χ0) is 20.8. The van der Waals surface area contributed by atoms with Gasteiger partial charge < -0.3 is 20.1 Å². The molecule has 2 N–H and O–H groups in total. The summed E-state index contributed by atoms with van der Waals surface area (Å²) in [5, 5.41) is 4.82. The summed E-state index contributed by atoms with van der Waals surface area (Å²) in [6.45, 7) is 4.10. The molecule has 27 heavy (non-hydrogen) atoms. The average molecular weight is 400 g/mol. The third-order valence-electron chi connectivity index (χ3n) is 3.68. The molecule has 7 nitrogen and oxygen atoms in total. The number of carbonyl (C=O) groups is 3. The molecular weight excluding hydrogens is 376 g/mol. The van der Waals surface area contributed by atoms with E-state index in [1.165, 1.54) is 0 Å². The second-order valence-corrected chi connectivity index (χ2v) is 7.12. The molecule has 2 atom stereocenters. The van der Waals surface area contributed by atoms with Crippen molar-refractivity contribution in [1.29, 1.82) is 0 Å². The predicted molar refractivity (Wildman–Crippen MR) is 85.6 cm³/mol. The molecule has 0 aliphatic carbocycles. The van der Waals surface area contributed by atoms with Gasteiger partial charge in [-0.3, -0.25) is 9.59 Å². The van der Waals surface area contributed by atoms with Crippen molar-refractivity contribution in [3.8, 4) is 0 Å².